The first-order valence-electron chi connectivity index (χ1n) is 10.6. The molecule has 174 valence electrons. The normalized spacial score (nSPS) is 10.8. The number of nitrogens with zero attached hydrogens (tertiary/aromatic N) is 3. The van der Waals surface area contributed by atoms with Gasteiger partial charge in [-0.3, -0.25) is 14.5 Å². The van der Waals surface area contributed by atoms with Crippen molar-refractivity contribution < 1.29 is 18.4 Å². The van der Waals surface area contributed by atoms with Crippen molar-refractivity contribution >= 4 is 45.7 Å². The summed E-state index contributed by atoms with van der Waals surface area (Å²) in [5, 5.41) is 1.98. The molecule has 2 heterocycles. The molecular weight excluding hydrogens is 465 g/mol. The van der Waals surface area contributed by atoms with Gasteiger partial charge in [0.15, 0.2) is 5.13 Å². The van der Waals surface area contributed by atoms with Gasteiger partial charge in [-0.25, -0.2) is 9.37 Å². The maximum absolute atomic E-state index is 14.3. The number of anilines is 3. The maximum Gasteiger partial charge on any atom is 0.251 e. The summed E-state index contributed by atoms with van der Waals surface area (Å²) in [4.78, 5) is 32.6. The number of para-hydroxylation sites is 1. The Hall–Kier alpha value is -4.48. The van der Waals surface area contributed by atoms with Crippen LogP contribution < -0.4 is 9.80 Å². The lowest BCUT2D eigenvalue weighted by molar-refractivity contribution is -0.116. The van der Waals surface area contributed by atoms with Gasteiger partial charge >= 0.3 is 0 Å². The van der Waals surface area contributed by atoms with Gasteiger partial charge in [0.05, 0.1) is 24.2 Å². The molecule has 0 radical (unpaired) electrons. The molecule has 2 amide bonds. The third kappa shape index (κ3) is 5.54. The van der Waals surface area contributed by atoms with Crippen LogP contribution in [-0.4, -0.2) is 16.8 Å². The van der Waals surface area contributed by atoms with E-state index in [1.54, 1.807) is 66.3 Å². The predicted octanol–water partition coefficient (Wildman–Crippen LogP) is 5.79. The second-order valence-electron chi connectivity index (χ2n) is 7.39. The van der Waals surface area contributed by atoms with E-state index in [4.69, 9.17) is 10.8 Å². The van der Waals surface area contributed by atoms with Crippen molar-refractivity contribution in [2.75, 3.05) is 9.80 Å². The van der Waals surface area contributed by atoms with E-state index in [0.29, 0.717) is 27.8 Å². The number of thiazole rings is 1. The summed E-state index contributed by atoms with van der Waals surface area (Å²) < 4.78 is 19.7. The van der Waals surface area contributed by atoms with Crippen LogP contribution in [0.3, 0.4) is 0 Å². The lowest BCUT2D eigenvalue weighted by Gasteiger charge is -2.20. The zero-order chi connectivity index (χ0) is 24.8. The fourth-order valence-corrected chi connectivity index (χ4v) is 4.21. The fraction of sp³-hybridized carbons (Fsp3) is 0.0741. The van der Waals surface area contributed by atoms with Crippen molar-refractivity contribution in [1.82, 2.24) is 4.98 Å². The first-order valence-corrected chi connectivity index (χ1v) is 11.4. The number of furan rings is 1. The molecule has 0 aliphatic rings. The lowest BCUT2D eigenvalue weighted by atomic mass is 10.2. The van der Waals surface area contributed by atoms with Gasteiger partial charge in [-0.2, -0.15) is 0 Å². The molecule has 2 aromatic heterocycles. The Balaban J connectivity index is 1.59. The molecule has 35 heavy (non-hydrogen) atoms. The number of carbonyl (C=O) groups is 2. The van der Waals surface area contributed by atoms with E-state index in [0.717, 1.165) is 0 Å². The number of amides is 2. The second kappa shape index (κ2) is 10.6. The highest BCUT2D eigenvalue weighted by atomic mass is 32.1. The van der Waals surface area contributed by atoms with Crippen LogP contribution in [0.2, 0.25) is 0 Å². The standard InChI is InChI=1S/C27H20FN3O3S/c1-3-20-8-6-9-22(16-20)30(17-23-10-7-15-34-23)26(33)14-13-21-18-35-27(29-21)31(19(2)32)25-12-5-4-11-24(25)28/h1,4-16,18H,17H2,2H3/b14-13+. The van der Waals surface area contributed by atoms with Crippen LogP contribution in [-0.2, 0) is 16.1 Å². The molecule has 6 nitrogen and oxygen atoms in total. The van der Waals surface area contributed by atoms with E-state index in [-0.39, 0.29) is 24.0 Å². The van der Waals surface area contributed by atoms with Crippen LogP contribution in [0.5, 0.6) is 0 Å². The highest BCUT2D eigenvalue weighted by Gasteiger charge is 2.21. The minimum atomic E-state index is -0.534. The van der Waals surface area contributed by atoms with Crippen LogP contribution in [0, 0.1) is 18.2 Å². The molecule has 4 rings (SSSR count). The zero-order valence-corrected chi connectivity index (χ0v) is 19.5. The number of halogens is 1. The number of rotatable bonds is 7. The van der Waals surface area contributed by atoms with Crippen LogP contribution in [0.1, 0.15) is 23.9 Å². The van der Waals surface area contributed by atoms with Gasteiger partial charge in [-0.1, -0.05) is 24.1 Å². The molecular formula is C27H20FN3O3S. The average molecular weight is 486 g/mol. The van der Waals surface area contributed by atoms with Crippen molar-refractivity contribution in [3.8, 4) is 12.3 Å². The molecule has 2 aromatic carbocycles. The summed E-state index contributed by atoms with van der Waals surface area (Å²) in [6, 6.07) is 16.6. The molecule has 0 aliphatic heterocycles. The quantitative estimate of drug-likeness (QED) is 0.246. The average Bonchev–Trinajstić information content (AvgIpc) is 3.55. The summed E-state index contributed by atoms with van der Waals surface area (Å²) >= 11 is 1.17. The van der Waals surface area contributed by atoms with Gasteiger partial charge in [0.2, 0.25) is 5.91 Å². The van der Waals surface area contributed by atoms with E-state index < -0.39 is 5.82 Å². The minimum Gasteiger partial charge on any atom is -0.467 e. The second-order valence-corrected chi connectivity index (χ2v) is 8.23. The summed E-state index contributed by atoms with van der Waals surface area (Å²) in [6.45, 7) is 1.54. The Morgan fingerprint density at radius 2 is 2.00 bits per heavy atom. The van der Waals surface area contributed by atoms with Crippen LogP contribution in [0.25, 0.3) is 6.08 Å². The van der Waals surface area contributed by atoms with Crippen LogP contribution in [0.4, 0.5) is 20.9 Å². The van der Waals surface area contributed by atoms with E-state index in [1.807, 2.05) is 0 Å². The smallest absolute Gasteiger partial charge is 0.251 e. The number of aromatic nitrogens is 1. The highest BCUT2D eigenvalue weighted by molar-refractivity contribution is 7.14. The molecule has 8 heteroatoms. The van der Waals surface area contributed by atoms with Gasteiger partial charge in [0, 0.05) is 29.6 Å². The largest absolute Gasteiger partial charge is 0.467 e. The molecule has 0 saturated heterocycles. The number of benzene rings is 2. The monoisotopic (exact) mass is 485 g/mol. The molecule has 0 bridgehead atoms. The van der Waals surface area contributed by atoms with Gasteiger partial charge in [0.25, 0.3) is 5.91 Å². The minimum absolute atomic E-state index is 0.110. The Morgan fingerprint density at radius 3 is 2.71 bits per heavy atom. The third-order valence-electron chi connectivity index (χ3n) is 4.99. The molecule has 0 unspecified atom stereocenters. The van der Waals surface area contributed by atoms with Gasteiger partial charge < -0.3 is 9.32 Å². The van der Waals surface area contributed by atoms with Crippen molar-refractivity contribution in [2.24, 2.45) is 0 Å². The fourth-order valence-electron chi connectivity index (χ4n) is 3.36. The summed E-state index contributed by atoms with van der Waals surface area (Å²) in [6.07, 6.45) is 9.99. The molecule has 0 atom stereocenters. The molecule has 0 N–H and O–H groups in total. The highest BCUT2D eigenvalue weighted by Crippen LogP contribution is 2.31. The van der Waals surface area contributed by atoms with Crippen molar-refractivity contribution in [3.63, 3.8) is 0 Å². The number of terminal acetylenes is 1. The predicted molar refractivity (Wildman–Crippen MR) is 135 cm³/mol. The van der Waals surface area contributed by atoms with Gasteiger partial charge in [-0.05, 0) is 48.5 Å². The first kappa shape index (κ1) is 23.7. The Bertz CT molecular complexity index is 1420. The van der Waals surface area contributed by atoms with Crippen LogP contribution in [0.15, 0.2) is 82.8 Å². The Kier molecular flexibility index (Phi) is 7.19. The summed E-state index contributed by atoms with van der Waals surface area (Å²) in [5.74, 6) is 1.95. The Morgan fingerprint density at radius 1 is 1.17 bits per heavy atom. The molecule has 0 spiro atoms. The van der Waals surface area contributed by atoms with Gasteiger partial charge in [0.1, 0.15) is 11.6 Å². The van der Waals surface area contributed by atoms with Crippen LogP contribution >= 0.6 is 11.3 Å². The van der Waals surface area contributed by atoms with E-state index in [2.05, 4.69) is 10.9 Å². The number of hydrogen-bond donors (Lipinski definition) is 0. The summed E-state index contributed by atoms with van der Waals surface area (Å²) in [5.41, 5.74) is 1.83. The zero-order valence-electron chi connectivity index (χ0n) is 18.7. The third-order valence-corrected chi connectivity index (χ3v) is 5.83. The molecule has 0 aliphatic carbocycles. The van der Waals surface area contributed by atoms with E-state index in [9.17, 15) is 14.0 Å². The van der Waals surface area contributed by atoms with Gasteiger partial charge in [-0.15, -0.1) is 17.8 Å². The van der Waals surface area contributed by atoms with E-state index >= 15 is 0 Å². The molecule has 0 saturated carbocycles. The SMILES string of the molecule is C#Cc1cccc(N(Cc2ccco2)C(=O)/C=C/c2csc(N(C(C)=O)c3ccccc3F)n2)c1. The Labute approximate surface area is 205 Å². The van der Waals surface area contributed by atoms with E-state index in [1.165, 1.54) is 46.3 Å². The topological polar surface area (TPSA) is 66.7 Å². The summed E-state index contributed by atoms with van der Waals surface area (Å²) in [7, 11) is 0. The maximum atomic E-state index is 14.3. The number of hydrogen-bond acceptors (Lipinski definition) is 5. The molecule has 0 fully saturated rings. The van der Waals surface area contributed by atoms with Crippen molar-refractivity contribution in [1.29, 1.82) is 0 Å². The lowest BCUT2D eigenvalue weighted by Crippen LogP contribution is -2.28. The van der Waals surface area contributed by atoms with Crippen molar-refractivity contribution in [3.05, 3.63) is 101 Å². The number of carbonyl (C=O) groups excluding carboxylic acids is 2. The first-order chi connectivity index (χ1) is 17.0. The van der Waals surface area contributed by atoms with Crippen molar-refractivity contribution in [2.45, 2.75) is 13.5 Å². The molecule has 4 aromatic rings.